The molecule has 0 aliphatic heterocycles. The van der Waals surface area contributed by atoms with E-state index in [1.807, 2.05) is 42.5 Å². The van der Waals surface area contributed by atoms with Crippen LogP contribution >= 0.6 is 35.0 Å². The monoisotopic (exact) mass is 404 g/mol. The molecule has 0 aliphatic rings. The highest BCUT2D eigenvalue weighted by atomic mass is 35.5. The Morgan fingerprint density at radius 1 is 1.00 bits per heavy atom. The van der Waals surface area contributed by atoms with Crippen LogP contribution in [0.5, 0.6) is 11.6 Å². The van der Waals surface area contributed by atoms with Crippen molar-refractivity contribution < 1.29 is 4.74 Å². The Balaban J connectivity index is 1.81. The van der Waals surface area contributed by atoms with Gasteiger partial charge in [-0.25, -0.2) is 4.98 Å². The van der Waals surface area contributed by atoms with Crippen LogP contribution in [0, 0.1) is 0 Å². The van der Waals surface area contributed by atoms with E-state index in [2.05, 4.69) is 23.8 Å². The summed E-state index contributed by atoms with van der Waals surface area (Å²) in [6, 6.07) is 16.9. The highest BCUT2D eigenvalue weighted by Crippen LogP contribution is 2.29. The van der Waals surface area contributed by atoms with Gasteiger partial charge in [0.05, 0.1) is 5.69 Å². The fraction of sp³-hybridized carbons (Fsp3) is 0.200. The van der Waals surface area contributed by atoms with E-state index in [4.69, 9.17) is 27.9 Å². The van der Waals surface area contributed by atoms with E-state index in [0.29, 0.717) is 27.6 Å². The third kappa shape index (κ3) is 5.13. The summed E-state index contributed by atoms with van der Waals surface area (Å²) in [5.41, 5.74) is 1.99. The summed E-state index contributed by atoms with van der Waals surface area (Å²) in [6.45, 7) is 4.19. The number of halogens is 2. The Hall–Kier alpha value is -1.75. The largest absolute Gasteiger partial charge is 0.439 e. The van der Waals surface area contributed by atoms with Crippen LogP contribution < -0.4 is 4.74 Å². The second-order valence-electron chi connectivity index (χ2n) is 6.00. The summed E-state index contributed by atoms with van der Waals surface area (Å²) in [5.74, 6) is 2.17. The zero-order valence-electron chi connectivity index (χ0n) is 14.4. The Morgan fingerprint density at radius 3 is 2.42 bits per heavy atom. The molecule has 0 unspecified atom stereocenters. The Bertz CT molecular complexity index is 885. The van der Waals surface area contributed by atoms with Crippen molar-refractivity contribution in [3.63, 3.8) is 0 Å². The summed E-state index contributed by atoms with van der Waals surface area (Å²) >= 11 is 13.7. The quantitative estimate of drug-likeness (QED) is 0.327. The maximum absolute atomic E-state index is 6.23. The van der Waals surface area contributed by atoms with Crippen LogP contribution in [0.2, 0.25) is 10.0 Å². The van der Waals surface area contributed by atoms with E-state index in [9.17, 15) is 0 Å². The molecule has 0 radical (unpaired) electrons. The molecule has 0 amide bonds. The standard InChI is InChI=1S/C20H18Cl2N2OS/c1-13(2)18-11-19(25-16-9-7-15(21)8-10-16)24-20(23-18)26-12-14-5-3-4-6-17(14)22/h3-11,13H,12H2,1-2H3. The molecule has 6 heteroatoms. The third-order valence-electron chi connectivity index (χ3n) is 3.64. The lowest BCUT2D eigenvalue weighted by Crippen LogP contribution is -2.00. The Labute approximate surface area is 167 Å². The molecular formula is C20H18Cl2N2OS. The van der Waals surface area contributed by atoms with Crippen LogP contribution in [-0.4, -0.2) is 9.97 Å². The molecule has 1 heterocycles. The zero-order chi connectivity index (χ0) is 18.5. The first-order valence-corrected chi connectivity index (χ1v) is 9.94. The van der Waals surface area contributed by atoms with E-state index in [1.165, 1.54) is 11.8 Å². The van der Waals surface area contributed by atoms with Crippen LogP contribution in [0.3, 0.4) is 0 Å². The van der Waals surface area contributed by atoms with Crippen LogP contribution in [0.15, 0.2) is 59.8 Å². The maximum atomic E-state index is 6.23. The van der Waals surface area contributed by atoms with E-state index in [0.717, 1.165) is 16.3 Å². The average molecular weight is 405 g/mol. The number of ether oxygens (including phenoxy) is 1. The smallest absolute Gasteiger partial charge is 0.223 e. The van der Waals surface area contributed by atoms with Crippen LogP contribution in [0.4, 0.5) is 0 Å². The van der Waals surface area contributed by atoms with Gasteiger partial charge in [-0.3, -0.25) is 0 Å². The molecule has 0 N–H and O–H groups in total. The molecule has 0 saturated heterocycles. The number of benzene rings is 2. The summed E-state index contributed by atoms with van der Waals surface area (Å²) in [4.78, 5) is 9.17. The van der Waals surface area contributed by atoms with E-state index in [-0.39, 0.29) is 5.92 Å². The fourth-order valence-electron chi connectivity index (χ4n) is 2.21. The molecule has 0 fully saturated rings. The molecule has 134 valence electrons. The highest BCUT2D eigenvalue weighted by Gasteiger charge is 2.11. The number of thioether (sulfide) groups is 1. The van der Waals surface area contributed by atoms with Crippen molar-refractivity contribution in [1.29, 1.82) is 0 Å². The van der Waals surface area contributed by atoms with E-state index in [1.54, 1.807) is 12.1 Å². The molecule has 0 atom stereocenters. The highest BCUT2D eigenvalue weighted by molar-refractivity contribution is 7.98. The summed E-state index contributed by atoms with van der Waals surface area (Å²) in [6.07, 6.45) is 0. The summed E-state index contributed by atoms with van der Waals surface area (Å²) < 4.78 is 5.89. The lowest BCUT2D eigenvalue weighted by molar-refractivity contribution is 0.453. The van der Waals surface area contributed by atoms with Gasteiger partial charge in [-0.1, -0.05) is 67.0 Å². The number of hydrogen-bond donors (Lipinski definition) is 0. The number of rotatable bonds is 6. The lowest BCUT2D eigenvalue weighted by atomic mass is 10.1. The molecule has 3 aromatic rings. The zero-order valence-corrected chi connectivity index (χ0v) is 16.8. The minimum absolute atomic E-state index is 0.269. The maximum Gasteiger partial charge on any atom is 0.223 e. The molecule has 0 bridgehead atoms. The van der Waals surface area contributed by atoms with Gasteiger partial charge in [0.2, 0.25) is 5.88 Å². The second kappa shape index (κ2) is 8.76. The predicted molar refractivity (Wildman–Crippen MR) is 109 cm³/mol. The van der Waals surface area contributed by atoms with Gasteiger partial charge >= 0.3 is 0 Å². The van der Waals surface area contributed by atoms with Gasteiger partial charge in [0.15, 0.2) is 5.16 Å². The van der Waals surface area contributed by atoms with Crippen molar-refractivity contribution in [2.75, 3.05) is 0 Å². The first-order chi connectivity index (χ1) is 12.5. The van der Waals surface area contributed by atoms with Crippen LogP contribution in [-0.2, 0) is 5.75 Å². The number of hydrogen-bond acceptors (Lipinski definition) is 4. The molecule has 2 aromatic carbocycles. The van der Waals surface area contributed by atoms with Crippen LogP contribution in [0.1, 0.15) is 31.0 Å². The first-order valence-electron chi connectivity index (χ1n) is 8.20. The number of aromatic nitrogens is 2. The van der Waals surface area contributed by atoms with Crippen molar-refractivity contribution in [1.82, 2.24) is 9.97 Å². The SMILES string of the molecule is CC(C)c1cc(Oc2ccc(Cl)cc2)nc(SCc2ccccc2Cl)n1. The molecule has 1 aromatic heterocycles. The van der Waals surface area contributed by atoms with Gasteiger partial charge in [-0.2, -0.15) is 4.98 Å². The lowest BCUT2D eigenvalue weighted by Gasteiger charge is -2.11. The predicted octanol–water partition coefficient (Wildman–Crippen LogP) is 6.99. The fourth-order valence-corrected chi connectivity index (χ4v) is 3.48. The minimum atomic E-state index is 0.269. The minimum Gasteiger partial charge on any atom is -0.439 e. The van der Waals surface area contributed by atoms with Gasteiger partial charge in [-0.15, -0.1) is 0 Å². The topological polar surface area (TPSA) is 35.0 Å². The van der Waals surface area contributed by atoms with Gasteiger partial charge in [0.25, 0.3) is 0 Å². The molecule has 26 heavy (non-hydrogen) atoms. The summed E-state index contributed by atoms with van der Waals surface area (Å²) in [5, 5.41) is 2.08. The third-order valence-corrected chi connectivity index (χ3v) is 5.16. The van der Waals surface area contributed by atoms with Gasteiger partial charge in [-0.05, 0) is 41.8 Å². The van der Waals surface area contributed by atoms with Gasteiger partial charge in [0, 0.05) is 21.9 Å². The first kappa shape index (κ1) is 19.0. The van der Waals surface area contributed by atoms with Crippen LogP contribution in [0.25, 0.3) is 0 Å². The van der Waals surface area contributed by atoms with Gasteiger partial charge in [0.1, 0.15) is 5.75 Å². The molecule has 0 saturated carbocycles. The molecule has 3 nitrogen and oxygen atoms in total. The number of nitrogens with zero attached hydrogens (tertiary/aromatic N) is 2. The molecule has 3 rings (SSSR count). The van der Waals surface area contributed by atoms with E-state index >= 15 is 0 Å². The Morgan fingerprint density at radius 2 is 1.73 bits per heavy atom. The van der Waals surface area contributed by atoms with Crippen molar-refractivity contribution in [2.45, 2.75) is 30.7 Å². The van der Waals surface area contributed by atoms with Crippen molar-refractivity contribution >= 4 is 35.0 Å². The molecule has 0 spiro atoms. The molecular weight excluding hydrogens is 387 g/mol. The van der Waals surface area contributed by atoms with Crippen molar-refractivity contribution in [3.8, 4) is 11.6 Å². The summed E-state index contributed by atoms with van der Waals surface area (Å²) in [7, 11) is 0. The van der Waals surface area contributed by atoms with Gasteiger partial charge < -0.3 is 4.74 Å². The molecule has 0 aliphatic carbocycles. The van der Waals surface area contributed by atoms with Crippen molar-refractivity contribution in [3.05, 3.63) is 75.9 Å². The Kier molecular flexibility index (Phi) is 6.41. The normalized spacial score (nSPS) is 11.0. The van der Waals surface area contributed by atoms with E-state index < -0.39 is 0 Å². The van der Waals surface area contributed by atoms with Crippen molar-refractivity contribution in [2.24, 2.45) is 0 Å². The second-order valence-corrected chi connectivity index (χ2v) is 7.79. The average Bonchev–Trinajstić information content (AvgIpc) is 2.63.